The molecule has 0 N–H and O–H groups in total. The molecule has 0 aliphatic carbocycles. The minimum Gasteiger partial charge on any atom is -0.494 e. The molecule has 0 saturated carbocycles. The van der Waals surface area contributed by atoms with Crippen molar-refractivity contribution >= 4 is 5.97 Å². The maximum atomic E-state index is 13.7. The van der Waals surface area contributed by atoms with Crippen LogP contribution in [-0.2, 0) is 14.2 Å². The fraction of sp³-hybridized carbons (Fsp3) is 0.581. The van der Waals surface area contributed by atoms with Gasteiger partial charge in [-0.2, -0.15) is 13.2 Å². The highest BCUT2D eigenvalue weighted by Gasteiger charge is 2.51. The van der Waals surface area contributed by atoms with Crippen molar-refractivity contribution in [2.24, 2.45) is 0 Å². The molecule has 2 aromatic carbocycles. The molecule has 1 heterocycles. The first-order chi connectivity index (χ1) is 18.8. The van der Waals surface area contributed by atoms with Crippen LogP contribution in [0.4, 0.5) is 13.2 Å². The van der Waals surface area contributed by atoms with E-state index in [1.807, 2.05) is 24.3 Å². The van der Waals surface area contributed by atoms with Gasteiger partial charge in [-0.25, -0.2) is 4.79 Å². The Morgan fingerprint density at radius 2 is 1.41 bits per heavy atom. The lowest BCUT2D eigenvalue weighted by atomic mass is 10.0. The van der Waals surface area contributed by atoms with E-state index in [-0.39, 0.29) is 18.4 Å². The minimum absolute atomic E-state index is 0.0145. The van der Waals surface area contributed by atoms with Crippen LogP contribution in [0.5, 0.6) is 5.75 Å². The number of alkyl halides is 3. The molecule has 3 rings (SSSR count). The molecule has 3 unspecified atom stereocenters. The van der Waals surface area contributed by atoms with Gasteiger partial charge in [0.1, 0.15) is 11.9 Å². The maximum Gasteiger partial charge on any atom is 0.418 e. The average Bonchev–Trinajstić information content (AvgIpc) is 2.93. The van der Waals surface area contributed by atoms with Crippen LogP contribution in [-0.4, -0.2) is 43.9 Å². The van der Waals surface area contributed by atoms with Gasteiger partial charge in [0.2, 0.25) is 0 Å². The Hall–Kier alpha value is -2.58. The number of hydrogen-bond donors (Lipinski definition) is 0. The lowest BCUT2D eigenvalue weighted by Crippen LogP contribution is -2.50. The van der Waals surface area contributed by atoms with Gasteiger partial charge in [0.15, 0.2) is 12.4 Å². The summed E-state index contributed by atoms with van der Waals surface area (Å²) in [5, 5.41) is 0. The maximum absolute atomic E-state index is 13.7. The molecule has 5 nitrogen and oxygen atoms in total. The number of hydrogen-bond acceptors (Lipinski definition) is 5. The van der Waals surface area contributed by atoms with Crippen molar-refractivity contribution in [3.05, 3.63) is 54.1 Å². The molecule has 1 saturated heterocycles. The van der Waals surface area contributed by atoms with Crippen molar-refractivity contribution in [3.63, 3.8) is 0 Å². The summed E-state index contributed by atoms with van der Waals surface area (Å²) in [7, 11) is 0. The van der Waals surface area contributed by atoms with Crippen LogP contribution < -0.4 is 4.74 Å². The van der Waals surface area contributed by atoms with Crippen molar-refractivity contribution in [2.75, 3.05) is 13.2 Å². The minimum atomic E-state index is -4.68. The summed E-state index contributed by atoms with van der Waals surface area (Å²) in [5.41, 5.74) is 1.99. The van der Waals surface area contributed by atoms with Crippen molar-refractivity contribution in [1.29, 1.82) is 0 Å². The van der Waals surface area contributed by atoms with Gasteiger partial charge in [0, 0.05) is 13.0 Å². The SMILES string of the molecule is CCCCCCOc1ccc(-c2ccc(C(=O)OC3CCC(OCCCCCC)OC3C(F)(F)F)cc2)cc1. The number of rotatable bonds is 15. The average molecular weight is 551 g/mol. The normalized spacial score (nSPS) is 19.6. The smallest absolute Gasteiger partial charge is 0.418 e. The zero-order chi connectivity index (χ0) is 28.1. The second-order valence-electron chi connectivity index (χ2n) is 9.99. The topological polar surface area (TPSA) is 54.0 Å². The molecule has 39 heavy (non-hydrogen) atoms. The van der Waals surface area contributed by atoms with Crippen molar-refractivity contribution in [2.45, 2.75) is 103 Å². The van der Waals surface area contributed by atoms with Gasteiger partial charge in [-0.1, -0.05) is 76.6 Å². The number of esters is 1. The second-order valence-corrected chi connectivity index (χ2v) is 9.99. The lowest BCUT2D eigenvalue weighted by molar-refractivity contribution is -0.311. The number of unbranched alkanes of at least 4 members (excludes halogenated alkanes) is 6. The molecule has 8 heteroatoms. The zero-order valence-corrected chi connectivity index (χ0v) is 23.0. The summed E-state index contributed by atoms with van der Waals surface area (Å²) in [4.78, 5) is 12.7. The van der Waals surface area contributed by atoms with Gasteiger partial charge in [-0.05, 0) is 54.7 Å². The van der Waals surface area contributed by atoms with E-state index in [1.165, 1.54) is 12.8 Å². The monoisotopic (exact) mass is 550 g/mol. The zero-order valence-electron chi connectivity index (χ0n) is 23.0. The van der Waals surface area contributed by atoms with Gasteiger partial charge < -0.3 is 18.9 Å². The molecule has 216 valence electrons. The van der Waals surface area contributed by atoms with Crippen LogP contribution in [0.3, 0.4) is 0 Å². The van der Waals surface area contributed by atoms with E-state index in [4.69, 9.17) is 18.9 Å². The predicted octanol–water partition coefficient (Wildman–Crippen LogP) is 8.50. The van der Waals surface area contributed by atoms with Gasteiger partial charge in [-0.3, -0.25) is 0 Å². The Labute approximate surface area is 230 Å². The van der Waals surface area contributed by atoms with Crippen LogP contribution in [0.25, 0.3) is 11.1 Å². The summed E-state index contributed by atoms with van der Waals surface area (Å²) >= 11 is 0. The van der Waals surface area contributed by atoms with E-state index < -0.39 is 30.6 Å². The number of benzene rings is 2. The van der Waals surface area contributed by atoms with E-state index in [9.17, 15) is 18.0 Å². The fourth-order valence-electron chi connectivity index (χ4n) is 4.51. The van der Waals surface area contributed by atoms with E-state index in [2.05, 4.69) is 13.8 Å². The van der Waals surface area contributed by atoms with E-state index in [0.717, 1.165) is 55.4 Å². The third-order valence-electron chi connectivity index (χ3n) is 6.78. The fourth-order valence-corrected chi connectivity index (χ4v) is 4.51. The first kappa shape index (κ1) is 31.0. The number of ether oxygens (including phenoxy) is 4. The number of carbonyl (C=O) groups is 1. The summed E-state index contributed by atoms with van der Waals surface area (Å²) in [5.74, 6) is -0.0105. The van der Waals surface area contributed by atoms with E-state index in [1.54, 1.807) is 24.3 Å². The van der Waals surface area contributed by atoms with Gasteiger partial charge in [0.05, 0.1) is 12.2 Å². The number of halogens is 3. The standard InChI is InChI=1S/C31H41F3O5/c1-3-5-7-9-21-36-26-17-15-24(16-18-26)23-11-13-25(14-12-23)30(35)38-27-19-20-28(37-22-10-8-6-4-2)39-29(27)31(32,33)34/h11-18,27-29H,3-10,19-22H2,1-2H3. The molecule has 0 bridgehead atoms. The van der Waals surface area contributed by atoms with Gasteiger partial charge in [0.25, 0.3) is 0 Å². The van der Waals surface area contributed by atoms with Crippen LogP contribution >= 0.6 is 0 Å². The molecular weight excluding hydrogens is 509 g/mol. The first-order valence-corrected chi connectivity index (χ1v) is 14.2. The highest BCUT2D eigenvalue weighted by Crippen LogP contribution is 2.35. The molecule has 1 aliphatic rings. The van der Waals surface area contributed by atoms with Gasteiger partial charge in [-0.15, -0.1) is 0 Å². The van der Waals surface area contributed by atoms with Crippen LogP contribution in [0.1, 0.15) is 88.4 Å². The molecule has 0 radical (unpaired) electrons. The summed E-state index contributed by atoms with van der Waals surface area (Å²) in [6.07, 6.45) is -0.603. The van der Waals surface area contributed by atoms with Gasteiger partial charge >= 0.3 is 12.1 Å². The molecule has 0 amide bonds. The Morgan fingerprint density at radius 1 is 0.821 bits per heavy atom. The van der Waals surface area contributed by atoms with E-state index in [0.29, 0.717) is 13.2 Å². The van der Waals surface area contributed by atoms with E-state index >= 15 is 0 Å². The summed E-state index contributed by atoms with van der Waals surface area (Å²) < 4.78 is 62.9. The second kappa shape index (κ2) is 15.9. The van der Waals surface area contributed by atoms with Crippen molar-refractivity contribution < 1.29 is 36.9 Å². The molecule has 3 atom stereocenters. The third kappa shape index (κ3) is 10.2. The molecule has 2 aromatic rings. The molecule has 0 aromatic heterocycles. The van der Waals surface area contributed by atoms with Crippen molar-refractivity contribution in [3.8, 4) is 16.9 Å². The Kier molecular flexibility index (Phi) is 12.6. The highest BCUT2D eigenvalue weighted by molar-refractivity contribution is 5.90. The molecule has 0 spiro atoms. The largest absolute Gasteiger partial charge is 0.494 e. The first-order valence-electron chi connectivity index (χ1n) is 14.2. The Balaban J connectivity index is 1.52. The van der Waals surface area contributed by atoms with Crippen LogP contribution in [0.2, 0.25) is 0 Å². The summed E-state index contributed by atoms with van der Waals surface area (Å²) in [6.45, 7) is 5.29. The molecular formula is C31H41F3O5. The van der Waals surface area contributed by atoms with Crippen molar-refractivity contribution in [1.82, 2.24) is 0 Å². The summed E-state index contributed by atoms with van der Waals surface area (Å²) in [6, 6.07) is 14.3. The predicted molar refractivity (Wildman–Crippen MR) is 145 cm³/mol. The number of carbonyl (C=O) groups excluding carboxylic acids is 1. The third-order valence-corrected chi connectivity index (χ3v) is 6.78. The molecule has 1 fully saturated rings. The highest BCUT2D eigenvalue weighted by atomic mass is 19.4. The Morgan fingerprint density at radius 3 is 2.00 bits per heavy atom. The molecule has 1 aliphatic heterocycles. The quantitative estimate of drug-likeness (QED) is 0.164. The van der Waals surface area contributed by atoms with Crippen LogP contribution in [0, 0.1) is 0 Å². The van der Waals surface area contributed by atoms with Crippen LogP contribution in [0.15, 0.2) is 48.5 Å². The Bertz CT molecular complexity index is 975. The lowest BCUT2D eigenvalue weighted by Gasteiger charge is -2.36.